The van der Waals surface area contributed by atoms with Crippen molar-refractivity contribution in [1.29, 1.82) is 5.26 Å². The molecule has 5 heteroatoms. The molecule has 1 heterocycles. The van der Waals surface area contributed by atoms with Gasteiger partial charge >= 0.3 is 0 Å². The number of imide groups is 1. The van der Waals surface area contributed by atoms with Gasteiger partial charge in [0.2, 0.25) is 5.91 Å². The van der Waals surface area contributed by atoms with Crippen molar-refractivity contribution in [3.05, 3.63) is 11.8 Å². The highest BCUT2D eigenvalue weighted by atomic mass is 16.2. The fraction of sp³-hybridized carbons (Fsp3) is 0.545. The van der Waals surface area contributed by atoms with E-state index < -0.39 is 23.1 Å². The third-order valence-corrected chi connectivity index (χ3v) is 2.68. The minimum Gasteiger partial charge on any atom is -0.383 e. The first kappa shape index (κ1) is 12.2. The highest BCUT2D eigenvalue weighted by Gasteiger charge is 2.46. The average Bonchev–Trinajstić information content (AvgIpc) is 2.12. The Morgan fingerprint density at radius 2 is 2.00 bits per heavy atom. The second-order valence-electron chi connectivity index (χ2n) is 4.61. The number of piperidine rings is 1. The van der Waals surface area contributed by atoms with Crippen molar-refractivity contribution in [1.82, 2.24) is 10.2 Å². The topological polar surface area (TPSA) is 73.2 Å². The monoisotopic (exact) mass is 221 g/mol. The first-order valence-corrected chi connectivity index (χ1v) is 4.94. The van der Waals surface area contributed by atoms with Crippen LogP contribution in [0.15, 0.2) is 11.8 Å². The summed E-state index contributed by atoms with van der Waals surface area (Å²) in [6, 6.07) is 1.94. The number of hydrogen-bond donors (Lipinski definition) is 1. The summed E-state index contributed by atoms with van der Waals surface area (Å²) in [4.78, 5) is 24.9. The van der Waals surface area contributed by atoms with Gasteiger partial charge in [-0.05, 0) is 0 Å². The molecule has 1 fully saturated rings. The van der Waals surface area contributed by atoms with E-state index >= 15 is 0 Å². The van der Waals surface area contributed by atoms with Crippen LogP contribution < -0.4 is 5.32 Å². The molecule has 0 radical (unpaired) electrons. The molecule has 86 valence electrons. The summed E-state index contributed by atoms with van der Waals surface area (Å²) >= 11 is 0. The molecule has 1 atom stereocenters. The lowest BCUT2D eigenvalue weighted by Crippen LogP contribution is -2.51. The summed E-state index contributed by atoms with van der Waals surface area (Å²) in [6.07, 6.45) is 1.64. The SMILES string of the molecule is CN(C)C=C1C(=O)NC(=O)C(C#N)C1(C)C. The van der Waals surface area contributed by atoms with Gasteiger partial charge in [0.05, 0.1) is 6.07 Å². The van der Waals surface area contributed by atoms with Crippen molar-refractivity contribution in [2.24, 2.45) is 11.3 Å². The van der Waals surface area contributed by atoms with Crippen molar-refractivity contribution in [3.63, 3.8) is 0 Å². The Kier molecular flexibility index (Phi) is 3.04. The van der Waals surface area contributed by atoms with Crippen LogP contribution >= 0.6 is 0 Å². The number of nitrogens with zero attached hydrogens (tertiary/aromatic N) is 2. The summed E-state index contributed by atoms with van der Waals surface area (Å²) < 4.78 is 0. The number of nitrogens with one attached hydrogen (secondary N) is 1. The van der Waals surface area contributed by atoms with Crippen molar-refractivity contribution < 1.29 is 9.59 Å². The molecule has 0 aromatic rings. The van der Waals surface area contributed by atoms with Gasteiger partial charge in [-0.3, -0.25) is 14.9 Å². The van der Waals surface area contributed by atoms with Crippen LogP contribution in [0.4, 0.5) is 0 Å². The highest BCUT2D eigenvalue weighted by Crippen LogP contribution is 2.37. The molecule has 1 aliphatic heterocycles. The van der Waals surface area contributed by atoms with E-state index in [0.29, 0.717) is 5.57 Å². The molecule has 0 saturated carbocycles. The van der Waals surface area contributed by atoms with Crippen LogP contribution in [0.1, 0.15) is 13.8 Å². The fourth-order valence-corrected chi connectivity index (χ4v) is 1.73. The Labute approximate surface area is 94.7 Å². The lowest BCUT2D eigenvalue weighted by atomic mass is 9.70. The van der Waals surface area contributed by atoms with E-state index in [1.807, 2.05) is 6.07 Å². The van der Waals surface area contributed by atoms with Crippen LogP contribution in [0.2, 0.25) is 0 Å². The smallest absolute Gasteiger partial charge is 0.255 e. The molecule has 0 aromatic carbocycles. The summed E-state index contributed by atoms with van der Waals surface area (Å²) in [5.41, 5.74) is -0.318. The lowest BCUT2D eigenvalue weighted by molar-refractivity contribution is -0.135. The van der Waals surface area contributed by atoms with Gasteiger partial charge in [0, 0.05) is 31.3 Å². The zero-order valence-electron chi connectivity index (χ0n) is 9.87. The second-order valence-corrected chi connectivity index (χ2v) is 4.61. The largest absolute Gasteiger partial charge is 0.383 e. The Balaban J connectivity index is 3.24. The quantitative estimate of drug-likeness (QED) is 0.509. The van der Waals surface area contributed by atoms with Crippen LogP contribution in [0, 0.1) is 22.7 Å². The maximum absolute atomic E-state index is 11.7. The van der Waals surface area contributed by atoms with Gasteiger partial charge in [0.15, 0.2) is 0 Å². The van der Waals surface area contributed by atoms with E-state index in [1.165, 1.54) is 0 Å². The molecule has 0 bridgehead atoms. The zero-order valence-corrected chi connectivity index (χ0v) is 9.87. The van der Waals surface area contributed by atoms with Crippen molar-refractivity contribution in [2.75, 3.05) is 14.1 Å². The van der Waals surface area contributed by atoms with Gasteiger partial charge in [-0.25, -0.2) is 0 Å². The summed E-state index contributed by atoms with van der Waals surface area (Å²) in [5.74, 6) is -1.78. The van der Waals surface area contributed by atoms with Crippen molar-refractivity contribution >= 4 is 11.8 Å². The number of rotatable bonds is 1. The maximum Gasteiger partial charge on any atom is 0.255 e. The second kappa shape index (κ2) is 3.97. The predicted octanol–water partition coefficient (Wildman–Crippen LogP) is 0.254. The van der Waals surface area contributed by atoms with Crippen molar-refractivity contribution in [3.8, 4) is 6.07 Å². The number of carbonyl (C=O) groups is 2. The molecule has 5 nitrogen and oxygen atoms in total. The van der Waals surface area contributed by atoms with E-state index in [9.17, 15) is 9.59 Å². The average molecular weight is 221 g/mol. The Hall–Kier alpha value is -1.83. The molecule has 0 aromatic heterocycles. The minimum absolute atomic E-state index is 0.421. The number of amides is 2. The summed E-state index contributed by atoms with van der Waals surface area (Å²) in [7, 11) is 3.57. The molecule has 1 rings (SSSR count). The normalized spacial score (nSPS) is 26.2. The van der Waals surface area contributed by atoms with Crippen LogP contribution in [-0.4, -0.2) is 30.8 Å². The van der Waals surface area contributed by atoms with Gasteiger partial charge in [0.25, 0.3) is 5.91 Å². The molecular formula is C11H15N3O2. The van der Waals surface area contributed by atoms with E-state index in [-0.39, 0.29) is 0 Å². The van der Waals surface area contributed by atoms with Gasteiger partial charge in [0.1, 0.15) is 5.92 Å². The van der Waals surface area contributed by atoms with Gasteiger partial charge < -0.3 is 4.90 Å². The molecule has 1 unspecified atom stereocenters. The molecule has 0 aliphatic carbocycles. The molecule has 2 amide bonds. The van der Waals surface area contributed by atoms with Crippen LogP contribution in [0.3, 0.4) is 0 Å². The molecule has 1 N–H and O–H groups in total. The Morgan fingerprint density at radius 3 is 2.44 bits per heavy atom. The molecular weight excluding hydrogens is 206 g/mol. The van der Waals surface area contributed by atoms with E-state index in [4.69, 9.17) is 5.26 Å². The first-order chi connectivity index (χ1) is 7.30. The van der Waals surface area contributed by atoms with Crippen LogP contribution in [0.5, 0.6) is 0 Å². The van der Waals surface area contributed by atoms with E-state index in [0.717, 1.165) is 0 Å². The highest BCUT2D eigenvalue weighted by molar-refractivity contribution is 6.10. The fourth-order valence-electron chi connectivity index (χ4n) is 1.73. The van der Waals surface area contributed by atoms with Crippen LogP contribution in [0.25, 0.3) is 0 Å². The van der Waals surface area contributed by atoms with Crippen molar-refractivity contribution in [2.45, 2.75) is 13.8 Å². The first-order valence-electron chi connectivity index (χ1n) is 4.94. The lowest BCUT2D eigenvalue weighted by Gasteiger charge is -2.35. The molecule has 1 aliphatic rings. The summed E-state index contributed by atoms with van der Waals surface area (Å²) in [6.45, 7) is 3.46. The third-order valence-electron chi connectivity index (χ3n) is 2.68. The third kappa shape index (κ3) is 1.91. The van der Waals surface area contributed by atoms with Gasteiger partial charge in [-0.15, -0.1) is 0 Å². The Bertz CT molecular complexity index is 402. The Morgan fingerprint density at radius 1 is 1.44 bits per heavy atom. The number of hydrogen-bond acceptors (Lipinski definition) is 4. The summed E-state index contributed by atoms with van der Waals surface area (Å²) in [5, 5.41) is 11.2. The van der Waals surface area contributed by atoms with E-state index in [2.05, 4.69) is 5.32 Å². The number of nitriles is 1. The zero-order chi connectivity index (χ0) is 12.5. The molecule has 0 spiro atoms. The maximum atomic E-state index is 11.7. The van der Waals surface area contributed by atoms with E-state index in [1.54, 1.807) is 39.0 Å². The molecule has 16 heavy (non-hydrogen) atoms. The standard InChI is InChI=1S/C11H15N3O2/c1-11(2)7(5-12)9(15)13-10(16)8(11)6-14(3)4/h6-7H,1-4H3,(H,13,15,16). The predicted molar refractivity (Wildman–Crippen MR) is 57.8 cm³/mol. The van der Waals surface area contributed by atoms with Crippen LogP contribution in [-0.2, 0) is 9.59 Å². The number of carbonyl (C=O) groups excluding carboxylic acids is 2. The molecule has 1 saturated heterocycles. The van der Waals surface area contributed by atoms with Gasteiger partial charge in [-0.2, -0.15) is 5.26 Å². The minimum atomic E-state index is -0.837. The van der Waals surface area contributed by atoms with Gasteiger partial charge in [-0.1, -0.05) is 13.8 Å².